The molecule has 0 saturated carbocycles. The van der Waals surface area contributed by atoms with Crippen LogP contribution in [0.1, 0.15) is 49.4 Å². The van der Waals surface area contributed by atoms with Crippen LogP contribution in [0.3, 0.4) is 0 Å². The molecule has 5 heterocycles. The fraction of sp³-hybridized carbons (Fsp3) is 0.257. The molecule has 0 N–H and O–H groups in total. The summed E-state index contributed by atoms with van der Waals surface area (Å²) in [5.41, 5.74) is 0.506. The van der Waals surface area contributed by atoms with Crippen LogP contribution in [0.2, 0.25) is 0 Å². The molecule has 0 unspecified atom stereocenters. The van der Waals surface area contributed by atoms with Crippen LogP contribution >= 0.6 is 69.3 Å². The van der Waals surface area contributed by atoms with E-state index in [0.29, 0.717) is 14.6 Å². The lowest BCUT2D eigenvalue weighted by molar-refractivity contribution is -0.259. The number of hydrogen-bond donors (Lipinski definition) is 1. The quantitative estimate of drug-likeness (QED) is 0.0954. The van der Waals surface area contributed by atoms with Crippen molar-refractivity contribution in [3.63, 3.8) is 0 Å². The average molecular weight is 757 g/mol. The number of aryl methyl sites for hydroxylation is 5. The van der Waals surface area contributed by atoms with E-state index in [1.165, 1.54) is 74.5 Å². The second kappa shape index (κ2) is 13.9. The van der Waals surface area contributed by atoms with Crippen molar-refractivity contribution >= 4 is 85.9 Å². The molecule has 0 fully saturated rings. The Morgan fingerprint density at radius 2 is 1.26 bits per heavy atom. The van der Waals surface area contributed by atoms with E-state index in [-0.39, 0.29) is 10.5 Å². The molecular weight excluding hydrogens is 727 g/mol. The maximum Gasteiger partial charge on any atom is 0.380 e. The van der Waals surface area contributed by atoms with E-state index >= 15 is 17.6 Å². The molecule has 12 heteroatoms. The molecule has 0 spiro atoms. The predicted octanol–water partition coefficient (Wildman–Crippen LogP) is 13.9. The minimum absolute atomic E-state index is 0.203. The molecule has 0 atom stereocenters. The van der Waals surface area contributed by atoms with Gasteiger partial charge in [-0.2, -0.15) is 26.3 Å². The first-order chi connectivity index (χ1) is 22.0. The van der Waals surface area contributed by atoms with Crippen molar-refractivity contribution in [3.8, 4) is 9.75 Å². The van der Waals surface area contributed by atoms with E-state index in [0.717, 1.165) is 32.9 Å². The molecule has 0 bridgehead atoms. The molecule has 5 aromatic rings. The summed E-state index contributed by atoms with van der Waals surface area (Å²) in [6, 6.07) is 8.80. The molecule has 0 amide bonds. The predicted molar refractivity (Wildman–Crippen MR) is 196 cm³/mol. The van der Waals surface area contributed by atoms with Crippen molar-refractivity contribution in [3.05, 3.63) is 117 Å². The van der Waals surface area contributed by atoms with Crippen LogP contribution in [0.15, 0.2) is 74.5 Å². The maximum atomic E-state index is 15.6. The second-order valence-corrected chi connectivity index (χ2v) is 16.4. The van der Waals surface area contributed by atoms with Crippen LogP contribution in [0.4, 0.5) is 26.3 Å². The third-order valence-electron chi connectivity index (χ3n) is 7.27. The Kier molecular flexibility index (Phi) is 10.6. The molecule has 0 radical (unpaired) electrons. The highest BCUT2D eigenvalue weighted by Gasteiger charge is 2.80. The Hall–Kier alpha value is -2.35. The highest BCUT2D eigenvalue weighted by molar-refractivity contribution is 7.90. The molecule has 0 aliphatic heterocycles. The maximum absolute atomic E-state index is 15.6. The van der Waals surface area contributed by atoms with Gasteiger partial charge < -0.3 is 0 Å². The Labute approximate surface area is 295 Å². The van der Waals surface area contributed by atoms with Gasteiger partial charge in [0.25, 0.3) is 0 Å². The number of halogens is 6. The minimum atomic E-state index is -5.64. The molecule has 0 saturated heterocycles. The zero-order chi connectivity index (χ0) is 34.3. The number of thiophene rings is 5. The first kappa shape index (κ1) is 35.9. The van der Waals surface area contributed by atoms with Gasteiger partial charge in [-0.1, -0.05) is 6.92 Å². The Balaban J connectivity index is 0.000000474. The van der Waals surface area contributed by atoms with Gasteiger partial charge in [-0.15, -0.1) is 69.3 Å². The van der Waals surface area contributed by atoms with Gasteiger partial charge in [0.15, 0.2) is 0 Å². The summed E-state index contributed by atoms with van der Waals surface area (Å²) in [6.45, 7) is 9.81. The summed E-state index contributed by atoms with van der Waals surface area (Å²) in [7, 11) is 0. The van der Waals surface area contributed by atoms with Gasteiger partial charge in [0, 0.05) is 40.4 Å². The summed E-state index contributed by atoms with van der Waals surface area (Å²) in [5.74, 6) is -15.9. The molecule has 248 valence electrons. The number of thiol groups is 1. The van der Waals surface area contributed by atoms with Crippen molar-refractivity contribution in [2.24, 2.45) is 0 Å². The molecule has 47 heavy (non-hydrogen) atoms. The number of allylic oxidation sites excluding steroid dienone is 4. The van der Waals surface area contributed by atoms with Gasteiger partial charge in [-0.05, 0) is 137 Å². The lowest BCUT2D eigenvalue weighted by atomic mass is 9.94. The summed E-state index contributed by atoms with van der Waals surface area (Å²) < 4.78 is 92.1. The highest BCUT2D eigenvalue weighted by atomic mass is 32.1. The van der Waals surface area contributed by atoms with Crippen LogP contribution in [0.5, 0.6) is 0 Å². The van der Waals surface area contributed by atoms with Crippen LogP contribution in [0.25, 0.3) is 26.3 Å². The number of alkyl halides is 6. The van der Waals surface area contributed by atoms with Crippen molar-refractivity contribution in [2.75, 3.05) is 0 Å². The Morgan fingerprint density at radius 3 is 1.79 bits per heavy atom. The van der Waals surface area contributed by atoms with Gasteiger partial charge in [0.2, 0.25) is 0 Å². The van der Waals surface area contributed by atoms with Crippen LogP contribution in [0, 0.1) is 27.7 Å². The fourth-order valence-corrected chi connectivity index (χ4v) is 9.71. The summed E-state index contributed by atoms with van der Waals surface area (Å²) >= 11 is 11.2. The van der Waals surface area contributed by atoms with Crippen molar-refractivity contribution < 1.29 is 26.3 Å². The average Bonchev–Trinajstić information content (AvgIpc) is 3.84. The van der Waals surface area contributed by atoms with Gasteiger partial charge >= 0.3 is 17.8 Å². The summed E-state index contributed by atoms with van der Waals surface area (Å²) in [5, 5.41) is 8.88. The Bertz CT molecular complexity index is 1970. The zero-order valence-corrected chi connectivity index (χ0v) is 30.9. The molecule has 0 aromatic carbocycles. The molecular formula is C35H30F6S6. The van der Waals surface area contributed by atoms with E-state index in [1.807, 2.05) is 42.0 Å². The molecule has 5 aromatic heterocycles. The van der Waals surface area contributed by atoms with Crippen molar-refractivity contribution in [1.29, 1.82) is 0 Å². The third kappa shape index (κ3) is 7.19. The van der Waals surface area contributed by atoms with Crippen LogP contribution < -0.4 is 0 Å². The van der Waals surface area contributed by atoms with Crippen LogP contribution in [-0.2, 0) is 6.42 Å². The summed E-state index contributed by atoms with van der Waals surface area (Å²) in [4.78, 5) is 4.01. The van der Waals surface area contributed by atoms with Gasteiger partial charge in [0.1, 0.15) is 0 Å². The van der Waals surface area contributed by atoms with E-state index in [2.05, 4.69) is 37.9 Å². The lowest BCUT2D eigenvalue weighted by Gasteiger charge is -2.26. The number of rotatable bonds is 7. The van der Waals surface area contributed by atoms with E-state index in [1.54, 1.807) is 24.4 Å². The molecule has 1 aliphatic rings. The first-order valence-corrected chi connectivity index (χ1v) is 19.2. The van der Waals surface area contributed by atoms with Crippen LogP contribution in [-0.4, -0.2) is 17.8 Å². The standard InChI is InChI=1S/C28H20F6S5.C7H10S/c1-14-4-19(36-10-14)7-17(8-20(35)21-5-15(2)11-37-21)24-25(27(31,32)28(33,34)26(24,29)30)18-9-23(39-13-18)22-6-16(3)12-38-22;1-3-7-4-6(2)5-8-7/h4-13,35H,1-3H3;4-5H,3H2,1-2H3/b17-7-,20-8-;. The monoisotopic (exact) mass is 756 g/mol. The first-order valence-electron chi connectivity index (χ1n) is 14.4. The third-order valence-corrected chi connectivity index (χ3v) is 13.2. The minimum Gasteiger partial charge on any atom is -0.194 e. The topological polar surface area (TPSA) is 0 Å². The molecule has 0 nitrogen and oxygen atoms in total. The molecule has 6 rings (SSSR count). The zero-order valence-electron chi connectivity index (χ0n) is 25.9. The van der Waals surface area contributed by atoms with E-state index in [9.17, 15) is 8.78 Å². The second-order valence-electron chi connectivity index (χ2n) is 11.2. The summed E-state index contributed by atoms with van der Waals surface area (Å²) in [6.07, 6.45) is 3.61. The van der Waals surface area contributed by atoms with E-state index in [4.69, 9.17) is 0 Å². The van der Waals surface area contributed by atoms with Gasteiger partial charge in [0.05, 0.1) is 0 Å². The van der Waals surface area contributed by atoms with E-state index < -0.39 is 34.5 Å². The van der Waals surface area contributed by atoms with Crippen molar-refractivity contribution in [2.45, 2.75) is 58.8 Å². The SMILES string of the molecule is CCc1cc(C)cs1.Cc1csc(/C=C(/C=C(\S)c2cc(C)cs2)C2=C(c3csc(-c4cc(C)cs4)c3)C(F)(F)C(F)(F)C2(F)F)c1. The highest BCUT2D eigenvalue weighted by Crippen LogP contribution is 2.64. The largest absolute Gasteiger partial charge is 0.380 e. The van der Waals surface area contributed by atoms with Crippen molar-refractivity contribution in [1.82, 2.24) is 0 Å². The normalized spacial score (nSPS) is 17.3. The lowest BCUT2D eigenvalue weighted by Crippen LogP contribution is -2.49. The van der Waals surface area contributed by atoms with Gasteiger partial charge in [-0.25, -0.2) is 0 Å². The number of hydrogen-bond acceptors (Lipinski definition) is 6. The fourth-order valence-electron chi connectivity index (χ4n) is 4.96. The smallest absolute Gasteiger partial charge is 0.194 e. The Morgan fingerprint density at radius 1 is 0.681 bits per heavy atom. The van der Waals surface area contributed by atoms with Gasteiger partial charge in [-0.3, -0.25) is 0 Å². The molecule has 1 aliphatic carbocycles.